The summed E-state index contributed by atoms with van der Waals surface area (Å²) >= 11 is 0. The summed E-state index contributed by atoms with van der Waals surface area (Å²) in [7, 11) is 1.83. The second kappa shape index (κ2) is 9.46. The Labute approximate surface area is 134 Å². The minimum absolute atomic E-state index is 0.618. The Morgan fingerprint density at radius 1 is 1.23 bits per heavy atom. The predicted molar refractivity (Wildman–Crippen MR) is 92.3 cm³/mol. The van der Waals surface area contributed by atoms with Gasteiger partial charge in [0.05, 0.1) is 6.61 Å². The second-order valence-corrected chi connectivity index (χ2v) is 6.02. The second-order valence-electron chi connectivity index (χ2n) is 6.02. The van der Waals surface area contributed by atoms with E-state index in [0.717, 1.165) is 50.9 Å². The third-order valence-electron chi connectivity index (χ3n) is 4.04. The number of nitrogens with one attached hydrogen (secondary N) is 2. The van der Waals surface area contributed by atoms with E-state index in [2.05, 4.69) is 46.8 Å². The Kier molecular flexibility index (Phi) is 7.23. The van der Waals surface area contributed by atoms with Gasteiger partial charge in [-0.15, -0.1) is 0 Å². The molecule has 1 aliphatic rings. The van der Waals surface area contributed by atoms with Crippen LogP contribution in [0.2, 0.25) is 0 Å². The first-order chi connectivity index (χ1) is 10.8. The van der Waals surface area contributed by atoms with Crippen LogP contribution in [-0.4, -0.2) is 38.8 Å². The molecule has 0 radical (unpaired) electrons. The van der Waals surface area contributed by atoms with Gasteiger partial charge >= 0.3 is 0 Å². The molecular weight excluding hydrogens is 274 g/mol. The van der Waals surface area contributed by atoms with Gasteiger partial charge in [0.2, 0.25) is 0 Å². The lowest BCUT2D eigenvalue weighted by molar-refractivity contribution is 0.133. The number of nitrogens with zero attached hydrogens (tertiary/aromatic N) is 1. The number of unbranched alkanes of at least 4 members (excludes halogenated alkanes) is 1. The summed E-state index contributed by atoms with van der Waals surface area (Å²) in [5.74, 6) is 1.72. The number of aliphatic imine (C=N–C) groups is 1. The van der Waals surface area contributed by atoms with Gasteiger partial charge in [0.15, 0.2) is 5.96 Å². The molecule has 122 valence electrons. The Balaban J connectivity index is 1.42. The number of rotatable bonds is 9. The molecule has 2 N–H and O–H groups in total. The van der Waals surface area contributed by atoms with Crippen molar-refractivity contribution in [2.24, 2.45) is 10.9 Å². The lowest BCUT2D eigenvalue weighted by Crippen LogP contribution is -2.39. The van der Waals surface area contributed by atoms with Crippen LogP contribution in [0.15, 0.2) is 35.3 Å². The highest BCUT2D eigenvalue weighted by Crippen LogP contribution is 2.28. The lowest BCUT2D eigenvalue weighted by Gasteiger charge is -2.11. The number of benzene rings is 1. The van der Waals surface area contributed by atoms with Crippen molar-refractivity contribution in [3.63, 3.8) is 0 Å². The van der Waals surface area contributed by atoms with Crippen LogP contribution in [0.5, 0.6) is 0 Å². The van der Waals surface area contributed by atoms with Gasteiger partial charge < -0.3 is 15.4 Å². The summed E-state index contributed by atoms with van der Waals surface area (Å²) in [5.41, 5.74) is 1.34. The summed E-state index contributed by atoms with van der Waals surface area (Å²) in [5, 5.41) is 6.79. The molecule has 0 saturated heterocycles. The summed E-state index contributed by atoms with van der Waals surface area (Å²) < 4.78 is 5.69. The van der Waals surface area contributed by atoms with Gasteiger partial charge in [-0.05, 0) is 37.2 Å². The molecule has 1 aliphatic carbocycles. The minimum atomic E-state index is 0.618. The Morgan fingerprint density at radius 3 is 2.68 bits per heavy atom. The van der Waals surface area contributed by atoms with Crippen molar-refractivity contribution in [3.05, 3.63) is 35.9 Å². The summed E-state index contributed by atoms with van der Waals surface area (Å²) in [6, 6.07) is 11.1. The van der Waals surface area contributed by atoms with Gasteiger partial charge in [0.1, 0.15) is 0 Å². The van der Waals surface area contributed by atoms with E-state index in [1.165, 1.54) is 12.0 Å². The van der Waals surface area contributed by atoms with Gasteiger partial charge in [-0.2, -0.15) is 0 Å². The monoisotopic (exact) mass is 303 g/mol. The third kappa shape index (κ3) is 6.48. The van der Waals surface area contributed by atoms with Crippen molar-refractivity contribution in [1.82, 2.24) is 10.6 Å². The van der Waals surface area contributed by atoms with E-state index in [1.54, 1.807) is 0 Å². The normalized spacial score (nSPS) is 20.7. The zero-order valence-electron chi connectivity index (χ0n) is 13.8. The Morgan fingerprint density at radius 2 is 2.00 bits per heavy atom. The zero-order valence-corrected chi connectivity index (χ0v) is 13.8. The molecule has 1 saturated carbocycles. The molecule has 0 aliphatic heterocycles. The number of hydrogen-bond acceptors (Lipinski definition) is 2. The van der Waals surface area contributed by atoms with Gasteiger partial charge in [-0.1, -0.05) is 37.3 Å². The molecule has 2 unspecified atom stereocenters. The van der Waals surface area contributed by atoms with Crippen molar-refractivity contribution in [3.8, 4) is 0 Å². The maximum atomic E-state index is 5.69. The first kappa shape index (κ1) is 16.8. The SMILES string of the molecule is CN=C(NCCCCOCCc1ccccc1)NC1CC1C. The van der Waals surface area contributed by atoms with E-state index in [1.807, 2.05) is 13.1 Å². The van der Waals surface area contributed by atoms with Crippen molar-refractivity contribution in [2.75, 3.05) is 26.8 Å². The maximum absolute atomic E-state index is 5.69. The first-order valence-electron chi connectivity index (χ1n) is 8.38. The smallest absolute Gasteiger partial charge is 0.191 e. The summed E-state index contributed by atoms with van der Waals surface area (Å²) in [6.45, 7) is 4.85. The molecule has 0 spiro atoms. The quantitative estimate of drug-likeness (QED) is 0.419. The fourth-order valence-electron chi connectivity index (χ4n) is 2.37. The van der Waals surface area contributed by atoms with Crippen LogP contribution in [0.4, 0.5) is 0 Å². The highest BCUT2D eigenvalue weighted by molar-refractivity contribution is 5.80. The number of guanidine groups is 1. The van der Waals surface area contributed by atoms with Gasteiger partial charge in [-0.25, -0.2) is 0 Å². The molecule has 1 aromatic carbocycles. The van der Waals surface area contributed by atoms with Crippen molar-refractivity contribution >= 4 is 5.96 Å². The molecule has 4 nitrogen and oxygen atoms in total. The van der Waals surface area contributed by atoms with E-state index in [-0.39, 0.29) is 0 Å². The van der Waals surface area contributed by atoms with Crippen LogP contribution in [-0.2, 0) is 11.2 Å². The zero-order chi connectivity index (χ0) is 15.6. The van der Waals surface area contributed by atoms with Crippen molar-refractivity contribution < 1.29 is 4.74 Å². The average molecular weight is 303 g/mol. The molecule has 0 amide bonds. The fraction of sp³-hybridized carbons (Fsp3) is 0.611. The molecule has 1 fully saturated rings. The van der Waals surface area contributed by atoms with Gasteiger partial charge in [0.25, 0.3) is 0 Å². The van der Waals surface area contributed by atoms with Crippen LogP contribution in [0.3, 0.4) is 0 Å². The topological polar surface area (TPSA) is 45.7 Å². The largest absolute Gasteiger partial charge is 0.381 e. The van der Waals surface area contributed by atoms with Crippen LogP contribution in [0.1, 0.15) is 31.7 Å². The van der Waals surface area contributed by atoms with E-state index in [9.17, 15) is 0 Å². The summed E-state index contributed by atoms with van der Waals surface area (Å²) in [4.78, 5) is 4.25. The molecule has 2 rings (SSSR count). The van der Waals surface area contributed by atoms with Gasteiger partial charge in [0, 0.05) is 26.2 Å². The molecule has 4 heteroatoms. The van der Waals surface area contributed by atoms with Crippen LogP contribution in [0, 0.1) is 5.92 Å². The van der Waals surface area contributed by atoms with Crippen LogP contribution < -0.4 is 10.6 Å². The molecule has 0 bridgehead atoms. The maximum Gasteiger partial charge on any atom is 0.191 e. The molecule has 1 aromatic rings. The molecule has 22 heavy (non-hydrogen) atoms. The van der Waals surface area contributed by atoms with Crippen molar-refractivity contribution in [2.45, 2.75) is 38.6 Å². The molecule has 2 atom stereocenters. The molecule has 0 heterocycles. The first-order valence-corrected chi connectivity index (χ1v) is 8.38. The molecular formula is C18H29N3O. The third-order valence-corrected chi connectivity index (χ3v) is 4.04. The fourth-order valence-corrected chi connectivity index (χ4v) is 2.37. The van der Waals surface area contributed by atoms with Crippen LogP contribution >= 0.6 is 0 Å². The van der Waals surface area contributed by atoms with Gasteiger partial charge in [-0.3, -0.25) is 4.99 Å². The molecule has 0 aromatic heterocycles. The minimum Gasteiger partial charge on any atom is -0.381 e. The van der Waals surface area contributed by atoms with Crippen molar-refractivity contribution in [1.29, 1.82) is 0 Å². The highest BCUT2D eigenvalue weighted by atomic mass is 16.5. The van der Waals surface area contributed by atoms with E-state index < -0.39 is 0 Å². The number of ether oxygens (including phenoxy) is 1. The Bertz CT molecular complexity index is 447. The standard InChI is InChI=1S/C18H29N3O/c1-15-14-17(15)21-18(19-2)20-11-6-7-12-22-13-10-16-8-4-3-5-9-16/h3-5,8-9,15,17H,6-7,10-14H2,1-2H3,(H2,19,20,21). The predicted octanol–water partition coefficient (Wildman–Crippen LogP) is 2.60. The summed E-state index contributed by atoms with van der Waals surface area (Å²) in [6.07, 6.45) is 4.44. The highest BCUT2D eigenvalue weighted by Gasteiger charge is 2.32. The Hall–Kier alpha value is -1.55. The average Bonchev–Trinajstić information content (AvgIpc) is 3.24. The number of hydrogen-bond donors (Lipinski definition) is 2. The van der Waals surface area contributed by atoms with E-state index in [0.29, 0.717) is 6.04 Å². The van der Waals surface area contributed by atoms with E-state index in [4.69, 9.17) is 4.74 Å². The van der Waals surface area contributed by atoms with E-state index >= 15 is 0 Å². The van der Waals surface area contributed by atoms with Crippen LogP contribution in [0.25, 0.3) is 0 Å². The lowest BCUT2D eigenvalue weighted by atomic mass is 10.2.